The molecular formula is C22H22BrN3O2S2. The van der Waals surface area contributed by atoms with Gasteiger partial charge in [0.15, 0.2) is 5.17 Å². The van der Waals surface area contributed by atoms with Crippen LogP contribution in [0.4, 0.5) is 11.4 Å². The van der Waals surface area contributed by atoms with Crippen molar-refractivity contribution in [3.63, 3.8) is 0 Å². The largest absolute Gasteiger partial charge is 0.497 e. The lowest BCUT2D eigenvalue weighted by molar-refractivity contribution is -0.122. The fraction of sp³-hybridized carbons (Fsp3) is 0.273. The van der Waals surface area contributed by atoms with Crippen LogP contribution in [0.15, 0.2) is 66.8 Å². The van der Waals surface area contributed by atoms with E-state index < -0.39 is 0 Å². The number of benzene rings is 2. The highest BCUT2D eigenvalue weighted by Crippen LogP contribution is 2.51. The van der Waals surface area contributed by atoms with Crippen molar-refractivity contribution in [1.82, 2.24) is 4.90 Å². The zero-order chi connectivity index (χ0) is 21.3. The molecule has 0 saturated carbocycles. The molecule has 2 aliphatic heterocycles. The third-order valence-electron chi connectivity index (χ3n) is 4.88. The number of unbranched alkanes of at least 4 members (excludes halogenated alkanes) is 1. The molecule has 1 fully saturated rings. The minimum Gasteiger partial charge on any atom is -0.497 e. The van der Waals surface area contributed by atoms with Crippen LogP contribution in [0, 0.1) is 0 Å². The smallest absolute Gasteiger partial charge is 0.269 e. The normalized spacial score (nSPS) is 19.7. The molecule has 5 nitrogen and oxygen atoms in total. The van der Waals surface area contributed by atoms with Crippen LogP contribution < -0.4 is 9.64 Å². The standard InChI is InChI=1S/C22H22BrN3O2S2/c1-4-5-12-26-20(27)19(30-22(26)24-15-8-6-14(23)7-9-15)21-25(2)17-13-16(28-3)10-11-18(17)29-21/h6-11,13H,4-5,12H2,1-3H3. The van der Waals surface area contributed by atoms with Crippen LogP contribution >= 0.6 is 39.5 Å². The third-order valence-corrected chi connectivity index (χ3v) is 7.84. The van der Waals surface area contributed by atoms with E-state index in [1.807, 2.05) is 54.4 Å². The second-order valence-corrected chi connectivity index (χ2v) is 9.84. The summed E-state index contributed by atoms with van der Waals surface area (Å²) in [6.07, 6.45) is 1.96. The number of carbonyl (C=O) groups excluding carboxylic acids is 1. The van der Waals surface area contributed by atoms with Crippen LogP contribution in [-0.4, -0.2) is 36.7 Å². The number of amides is 1. The molecule has 0 atom stereocenters. The van der Waals surface area contributed by atoms with Crippen molar-refractivity contribution >= 4 is 61.9 Å². The first-order valence-corrected chi connectivity index (χ1v) is 12.1. The van der Waals surface area contributed by atoms with Gasteiger partial charge < -0.3 is 9.64 Å². The van der Waals surface area contributed by atoms with Crippen LogP contribution in [-0.2, 0) is 4.79 Å². The van der Waals surface area contributed by atoms with E-state index in [1.165, 1.54) is 11.8 Å². The monoisotopic (exact) mass is 503 g/mol. The van der Waals surface area contributed by atoms with Gasteiger partial charge in [-0.3, -0.25) is 9.69 Å². The highest BCUT2D eigenvalue weighted by molar-refractivity contribution is 9.10. The van der Waals surface area contributed by atoms with E-state index in [0.717, 1.165) is 54.4 Å². The van der Waals surface area contributed by atoms with Crippen molar-refractivity contribution < 1.29 is 9.53 Å². The van der Waals surface area contributed by atoms with E-state index in [0.29, 0.717) is 6.54 Å². The quantitative estimate of drug-likeness (QED) is 0.452. The molecule has 2 heterocycles. The van der Waals surface area contributed by atoms with Crippen LogP contribution in [0.3, 0.4) is 0 Å². The van der Waals surface area contributed by atoms with Gasteiger partial charge in [-0.05, 0) is 54.6 Å². The molecule has 1 amide bonds. The van der Waals surface area contributed by atoms with Gasteiger partial charge in [-0.1, -0.05) is 41.0 Å². The maximum atomic E-state index is 13.4. The predicted octanol–water partition coefficient (Wildman–Crippen LogP) is 6.23. The Balaban J connectivity index is 1.70. The summed E-state index contributed by atoms with van der Waals surface area (Å²) in [6.45, 7) is 2.80. The number of anilines is 1. The molecule has 2 aromatic carbocycles. The number of nitrogens with zero attached hydrogens (tertiary/aromatic N) is 3. The Morgan fingerprint density at radius 1 is 1.13 bits per heavy atom. The Morgan fingerprint density at radius 2 is 1.90 bits per heavy atom. The lowest BCUT2D eigenvalue weighted by Crippen LogP contribution is -2.30. The first kappa shape index (κ1) is 21.3. The predicted molar refractivity (Wildman–Crippen MR) is 130 cm³/mol. The number of methoxy groups -OCH3 is 1. The lowest BCUT2D eigenvalue weighted by atomic mass is 10.3. The molecule has 156 valence electrons. The Kier molecular flexibility index (Phi) is 6.46. The molecule has 0 spiro atoms. The number of aliphatic imine (C=N–C) groups is 1. The molecule has 2 aliphatic rings. The molecule has 0 N–H and O–H groups in total. The number of ether oxygens (including phenoxy) is 1. The van der Waals surface area contributed by atoms with Gasteiger partial charge in [0.1, 0.15) is 10.7 Å². The van der Waals surface area contributed by atoms with Crippen molar-refractivity contribution in [3.8, 4) is 5.75 Å². The summed E-state index contributed by atoms with van der Waals surface area (Å²) in [6, 6.07) is 13.8. The van der Waals surface area contributed by atoms with Gasteiger partial charge in [-0.2, -0.15) is 0 Å². The highest BCUT2D eigenvalue weighted by atomic mass is 79.9. The Hall–Kier alpha value is -1.90. The summed E-state index contributed by atoms with van der Waals surface area (Å²) in [5, 5.41) is 1.68. The molecular weight excluding hydrogens is 482 g/mol. The van der Waals surface area contributed by atoms with Crippen LogP contribution in [0.25, 0.3) is 0 Å². The third kappa shape index (κ3) is 4.13. The number of carbonyl (C=O) groups is 1. The topological polar surface area (TPSA) is 45.1 Å². The Morgan fingerprint density at radius 3 is 2.60 bits per heavy atom. The average molecular weight is 504 g/mol. The fourth-order valence-electron chi connectivity index (χ4n) is 3.21. The number of hydrogen-bond donors (Lipinski definition) is 0. The zero-order valence-electron chi connectivity index (χ0n) is 17.0. The summed E-state index contributed by atoms with van der Waals surface area (Å²) in [4.78, 5) is 23.9. The number of fused-ring (bicyclic) bond motifs is 1. The van der Waals surface area contributed by atoms with Crippen LogP contribution in [0.2, 0.25) is 0 Å². The molecule has 0 aliphatic carbocycles. The lowest BCUT2D eigenvalue weighted by Gasteiger charge is -2.16. The number of amidine groups is 1. The van der Waals surface area contributed by atoms with Crippen LogP contribution in [0.5, 0.6) is 5.75 Å². The molecule has 0 radical (unpaired) electrons. The molecule has 0 bridgehead atoms. The molecule has 30 heavy (non-hydrogen) atoms. The number of halogens is 1. The molecule has 8 heteroatoms. The van der Waals surface area contributed by atoms with Gasteiger partial charge in [-0.25, -0.2) is 4.99 Å². The summed E-state index contributed by atoms with van der Waals surface area (Å²) in [5.74, 6) is 0.832. The highest BCUT2D eigenvalue weighted by Gasteiger charge is 2.39. The van der Waals surface area contributed by atoms with E-state index in [4.69, 9.17) is 9.73 Å². The van der Waals surface area contributed by atoms with E-state index in [1.54, 1.807) is 18.9 Å². The summed E-state index contributed by atoms with van der Waals surface area (Å²) in [7, 11) is 3.66. The Labute approximate surface area is 193 Å². The van der Waals surface area contributed by atoms with Crippen LogP contribution in [0.1, 0.15) is 19.8 Å². The second-order valence-electron chi connectivity index (χ2n) is 6.91. The minimum atomic E-state index is 0.0263. The molecule has 0 aromatic heterocycles. The summed E-state index contributed by atoms with van der Waals surface area (Å²) < 4.78 is 6.37. The van der Waals surface area contributed by atoms with Crippen molar-refractivity contribution in [3.05, 3.63) is 56.9 Å². The number of rotatable bonds is 5. The SMILES string of the molecule is CCCCN1C(=O)C(=C2Sc3ccc(OC)cc3N2C)SC1=Nc1ccc(Br)cc1. The first-order chi connectivity index (χ1) is 14.5. The van der Waals surface area contributed by atoms with Gasteiger partial charge in [0.05, 0.1) is 23.5 Å². The molecule has 4 rings (SSSR count). The maximum absolute atomic E-state index is 13.4. The second kappa shape index (κ2) is 9.08. The van der Waals surface area contributed by atoms with Gasteiger partial charge in [0.2, 0.25) is 0 Å². The van der Waals surface area contributed by atoms with Gasteiger partial charge >= 0.3 is 0 Å². The molecule has 2 aromatic rings. The number of thioether (sulfide) groups is 2. The summed E-state index contributed by atoms with van der Waals surface area (Å²) >= 11 is 6.54. The van der Waals surface area contributed by atoms with Crippen molar-refractivity contribution in [2.75, 3.05) is 25.6 Å². The van der Waals surface area contributed by atoms with Crippen molar-refractivity contribution in [2.24, 2.45) is 4.99 Å². The van der Waals surface area contributed by atoms with E-state index >= 15 is 0 Å². The van der Waals surface area contributed by atoms with E-state index in [2.05, 4.69) is 27.8 Å². The maximum Gasteiger partial charge on any atom is 0.269 e. The summed E-state index contributed by atoms with van der Waals surface area (Å²) in [5.41, 5.74) is 1.88. The fourth-order valence-corrected chi connectivity index (χ4v) is 5.82. The van der Waals surface area contributed by atoms with Crippen molar-refractivity contribution in [1.29, 1.82) is 0 Å². The Bertz CT molecular complexity index is 1040. The molecule has 1 saturated heterocycles. The van der Waals surface area contributed by atoms with Crippen molar-refractivity contribution in [2.45, 2.75) is 24.7 Å². The minimum absolute atomic E-state index is 0.0263. The van der Waals surface area contributed by atoms with E-state index in [9.17, 15) is 4.79 Å². The first-order valence-electron chi connectivity index (χ1n) is 9.69. The van der Waals surface area contributed by atoms with Gasteiger partial charge in [-0.15, -0.1) is 0 Å². The number of hydrogen-bond acceptors (Lipinski definition) is 6. The van der Waals surface area contributed by atoms with E-state index in [-0.39, 0.29) is 5.91 Å². The van der Waals surface area contributed by atoms with Gasteiger partial charge in [0, 0.05) is 29.0 Å². The molecule has 0 unspecified atom stereocenters. The average Bonchev–Trinajstić information content (AvgIpc) is 3.24. The zero-order valence-corrected chi connectivity index (χ0v) is 20.2. The van der Waals surface area contributed by atoms with Gasteiger partial charge in [0.25, 0.3) is 5.91 Å².